The van der Waals surface area contributed by atoms with Gasteiger partial charge in [0.05, 0.1) is 17.2 Å². The zero-order valence-electron chi connectivity index (χ0n) is 6.78. The Kier molecular flexibility index (Phi) is 1.16. The lowest BCUT2D eigenvalue weighted by Gasteiger charge is -1.96. The maximum atomic E-state index is 4.17. The summed E-state index contributed by atoms with van der Waals surface area (Å²) in [4.78, 5) is 11.2. The minimum atomic E-state index is 0.957. The van der Waals surface area contributed by atoms with E-state index in [4.69, 9.17) is 0 Å². The van der Waals surface area contributed by atoms with Crippen molar-refractivity contribution in [3.8, 4) is 0 Å². The lowest BCUT2D eigenvalue weighted by atomic mass is 10.2. The van der Waals surface area contributed by atoms with Crippen LogP contribution in [0.5, 0.6) is 0 Å². The molecule has 0 aliphatic heterocycles. The zero-order valence-corrected chi connectivity index (χ0v) is 6.78. The molecule has 0 atom stereocenters. The van der Waals surface area contributed by atoms with Crippen LogP contribution in [0.25, 0.3) is 21.8 Å². The van der Waals surface area contributed by atoms with E-state index in [2.05, 4.69) is 21.1 Å². The first-order chi connectivity index (χ1) is 6.45. The molecule has 0 unspecified atom stereocenters. The van der Waals surface area contributed by atoms with Crippen molar-refractivity contribution in [2.24, 2.45) is 0 Å². The SMILES string of the molecule is [c]1cc2ccc3ncncc3c2[nH]1. The van der Waals surface area contributed by atoms with Crippen molar-refractivity contribution in [1.29, 1.82) is 0 Å². The minimum Gasteiger partial charge on any atom is -0.353 e. The Morgan fingerprint density at radius 3 is 3.31 bits per heavy atom. The molecule has 1 radical (unpaired) electrons. The van der Waals surface area contributed by atoms with Gasteiger partial charge in [0.25, 0.3) is 0 Å². The summed E-state index contributed by atoms with van der Waals surface area (Å²) in [6, 6.07) is 5.93. The highest BCUT2D eigenvalue weighted by atomic mass is 14.8. The average molecular weight is 168 g/mol. The van der Waals surface area contributed by atoms with Crippen LogP contribution in [0.3, 0.4) is 0 Å². The van der Waals surface area contributed by atoms with E-state index < -0.39 is 0 Å². The van der Waals surface area contributed by atoms with Crippen molar-refractivity contribution in [2.45, 2.75) is 0 Å². The standard InChI is InChI=1S/C10H6N3/c1-2-9-8(5-11-6-13-9)10-7(1)3-4-12-10/h1-3,5-6,12H. The Bertz CT molecular complexity index is 568. The third-order valence-corrected chi connectivity index (χ3v) is 2.15. The van der Waals surface area contributed by atoms with E-state index in [9.17, 15) is 0 Å². The number of rotatable bonds is 0. The second-order valence-corrected chi connectivity index (χ2v) is 2.90. The fourth-order valence-corrected chi connectivity index (χ4v) is 1.52. The third-order valence-electron chi connectivity index (χ3n) is 2.15. The molecule has 2 heterocycles. The minimum absolute atomic E-state index is 0.957. The molecule has 61 valence electrons. The molecule has 0 bridgehead atoms. The first kappa shape index (κ1) is 6.60. The second kappa shape index (κ2) is 2.29. The highest BCUT2D eigenvalue weighted by molar-refractivity contribution is 6.03. The van der Waals surface area contributed by atoms with E-state index in [0.717, 1.165) is 21.8 Å². The molecule has 3 heteroatoms. The summed E-state index contributed by atoms with van der Waals surface area (Å²) in [5, 5.41) is 2.18. The molecule has 2 aromatic heterocycles. The number of fused-ring (bicyclic) bond motifs is 3. The largest absolute Gasteiger partial charge is 0.353 e. The molecule has 13 heavy (non-hydrogen) atoms. The molecular formula is C10H6N3. The Labute approximate surface area is 74.4 Å². The Balaban J connectivity index is 2.65. The van der Waals surface area contributed by atoms with E-state index in [1.54, 1.807) is 6.33 Å². The number of hydrogen-bond donors (Lipinski definition) is 1. The third kappa shape index (κ3) is 0.839. The van der Waals surface area contributed by atoms with Gasteiger partial charge < -0.3 is 4.98 Å². The van der Waals surface area contributed by atoms with Crippen LogP contribution in [-0.4, -0.2) is 15.0 Å². The van der Waals surface area contributed by atoms with Crippen LogP contribution < -0.4 is 0 Å². The quantitative estimate of drug-likeness (QED) is 0.557. The van der Waals surface area contributed by atoms with Crippen molar-refractivity contribution >= 4 is 21.8 Å². The molecule has 3 nitrogen and oxygen atoms in total. The van der Waals surface area contributed by atoms with E-state index in [0.29, 0.717) is 0 Å². The zero-order chi connectivity index (χ0) is 8.67. The summed E-state index contributed by atoms with van der Waals surface area (Å²) in [7, 11) is 0. The van der Waals surface area contributed by atoms with Gasteiger partial charge in [-0.15, -0.1) is 0 Å². The van der Waals surface area contributed by atoms with Gasteiger partial charge in [-0.2, -0.15) is 0 Å². The predicted octanol–water partition coefficient (Wildman–Crippen LogP) is 1.91. The van der Waals surface area contributed by atoms with Gasteiger partial charge in [-0.1, -0.05) is 6.07 Å². The molecule has 0 amide bonds. The molecular weight excluding hydrogens is 162 g/mol. The van der Waals surface area contributed by atoms with Crippen LogP contribution in [-0.2, 0) is 0 Å². The smallest absolute Gasteiger partial charge is 0.116 e. The average Bonchev–Trinajstić information content (AvgIpc) is 2.65. The number of aromatic amines is 1. The topological polar surface area (TPSA) is 41.6 Å². The lowest BCUT2D eigenvalue weighted by molar-refractivity contribution is 1.22. The van der Waals surface area contributed by atoms with E-state index >= 15 is 0 Å². The Hall–Kier alpha value is -1.90. The van der Waals surface area contributed by atoms with Crippen LogP contribution >= 0.6 is 0 Å². The van der Waals surface area contributed by atoms with E-state index in [1.807, 2.05) is 24.4 Å². The first-order valence-corrected chi connectivity index (χ1v) is 4.02. The molecule has 1 aromatic carbocycles. The van der Waals surface area contributed by atoms with E-state index in [-0.39, 0.29) is 0 Å². The number of hydrogen-bond acceptors (Lipinski definition) is 2. The van der Waals surface area contributed by atoms with Crippen LogP contribution in [0.2, 0.25) is 0 Å². The Morgan fingerprint density at radius 2 is 2.31 bits per heavy atom. The summed E-state index contributed by atoms with van der Waals surface area (Å²) in [6.07, 6.45) is 6.32. The molecule has 0 saturated carbocycles. The summed E-state index contributed by atoms with van der Waals surface area (Å²) >= 11 is 0. The highest BCUT2D eigenvalue weighted by Crippen LogP contribution is 2.20. The van der Waals surface area contributed by atoms with Crippen molar-refractivity contribution in [3.05, 3.63) is 36.9 Å². The normalized spacial score (nSPS) is 11.1. The maximum Gasteiger partial charge on any atom is 0.116 e. The van der Waals surface area contributed by atoms with Gasteiger partial charge >= 0.3 is 0 Å². The van der Waals surface area contributed by atoms with Crippen molar-refractivity contribution < 1.29 is 0 Å². The van der Waals surface area contributed by atoms with Gasteiger partial charge in [-0.3, -0.25) is 0 Å². The van der Waals surface area contributed by atoms with Crippen molar-refractivity contribution in [1.82, 2.24) is 15.0 Å². The first-order valence-electron chi connectivity index (χ1n) is 4.02. The van der Waals surface area contributed by atoms with Gasteiger partial charge in [-0.25, -0.2) is 9.97 Å². The van der Waals surface area contributed by atoms with Crippen LogP contribution in [0.4, 0.5) is 0 Å². The number of nitrogens with one attached hydrogen (secondary N) is 1. The lowest BCUT2D eigenvalue weighted by Crippen LogP contribution is -1.81. The van der Waals surface area contributed by atoms with Crippen molar-refractivity contribution in [3.63, 3.8) is 0 Å². The number of benzene rings is 1. The molecule has 0 saturated heterocycles. The number of nitrogens with zero attached hydrogens (tertiary/aromatic N) is 2. The van der Waals surface area contributed by atoms with Crippen molar-refractivity contribution in [2.75, 3.05) is 0 Å². The molecule has 0 aliphatic carbocycles. The van der Waals surface area contributed by atoms with Crippen LogP contribution in [0.1, 0.15) is 0 Å². The molecule has 1 N–H and O–H groups in total. The molecule has 0 aliphatic rings. The van der Waals surface area contributed by atoms with Gasteiger partial charge in [0, 0.05) is 17.0 Å². The van der Waals surface area contributed by atoms with Gasteiger partial charge in [0.1, 0.15) is 6.33 Å². The summed E-state index contributed by atoms with van der Waals surface area (Å²) < 4.78 is 0. The summed E-state index contributed by atoms with van der Waals surface area (Å²) in [5.41, 5.74) is 2.01. The van der Waals surface area contributed by atoms with E-state index in [1.165, 1.54) is 0 Å². The fraction of sp³-hybridized carbons (Fsp3) is 0. The predicted molar refractivity (Wildman–Crippen MR) is 50.2 cm³/mol. The van der Waals surface area contributed by atoms with Crippen LogP contribution in [0.15, 0.2) is 30.7 Å². The molecule has 0 spiro atoms. The summed E-state index contributed by atoms with van der Waals surface area (Å²) in [5.74, 6) is 0. The molecule has 0 fully saturated rings. The fourth-order valence-electron chi connectivity index (χ4n) is 1.52. The molecule has 3 rings (SSSR count). The highest BCUT2D eigenvalue weighted by Gasteiger charge is 2.00. The van der Waals surface area contributed by atoms with Gasteiger partial charge in [0.15, 0.2) is 0 Å². The number of H-pyrrole nitrogens is 1. The second-order valence-electron chi connectivity index (χ2n) is 2.90. The summed E-state index contributed by atoms with van der Waals surface area (Å²) in [6.45, 7) is 0. The monoisotopic (exact) mass is 168 g/mol. The maximum absolute atomic E-state index is 4.17. The van der Waals surface area contributed by atoms with Crippen LogP contribution in [0, 0.1) is 6.20 Å². The number of aromatic nitrogens is 3. The Morgan fingerprint density at radius 1 is 1.31 bits per heavy atom. The molecule has 3 aromatic rings. The van der Waals surface area contributed by atoms with Gasteiger partial charge in [0.2, 0.25) is 0 Å². The van der Waals surface area contributed by atoms with Gasteiger partial charge in [-0.05, 0) is 12.1 Å².